The van der Waals surface area contributed by atoms with Gasteiger partial charge in [-0.15, -0.1) is 0 Å². The zero-order valence-corrected chi connectivity index (χ0v) is 14.8. The summed E-state index contributed by atoms with van der Waals surface area (Å²) in [6.45, 7) is 0. The normalized spacial score (nSPS) is 10.2. The Labute approximate surface area is 159 Å². The van der Waals surface area contributed by atoms with E-state index in [1.807, 2.05) is 84.9 Å². The zero-order valence-electron chi connectivity index (χ0n) is 14.8. The van der Waals surface area contributed by atoms with Gasteiger partial charge in [0.2, 0.25) is 0 Å². The second-order valence-corrected chi connectivity index (χ2v) is 6.10. The van der Waals surface area contributed by atoms with Gasteiger partial charge in [0.25, 0.3) is 0 Å². The Morgan fingerprint density at radius 3 is 1.81 bits per heavy atom. The van der Waals surface area contributed by atoms with Gasteiger partial charge in [-0.1, -0.05) is 66.7 Å². The summed E-state index contributed by atoms with van der Waals surface area (Å²) >= 11 is 0. The van der Waals surface area contributed by atoms with Crippen LogP contribution in [0.4, 0.5) is 11.4 Å². The smallest absolute Gasteiger partial charge is 0.127 e. The number of nitrogens with one attached hydrogen (secondary N) is 2. The Bertz CT molecular complexity index is 984. The average Bonchev–Trinajstić information content (AvgIpc) is 2.75. The average molecular weight is 352 g/mol. The molecule has 0 bridgehead atoms. The van der Waals surface area contributed by atoms with Crippen molar-refractivity contribution in [2.75, 3.05) is 10.9 Å². The van der Waals surface area contributed by atoms with Crippen molar-refractivity contribution in [3.63, 3.8) is 0 Å². The van der Waals surface area contributed by atoms with Crippen molar-refractivity contribution < 1.29 is 4.74 Å². The highest BCUT2D eigenvalue weighted by Gasteiger charge is 2.04. The van der Waals surface area contributed by atoms with Crippen molar-refractivity contribution in [1.29, 1.82) is 0 Å². The summed E-state index contributed by atoms with van der Waals surface area (Å²) in [4.78, 5) is 0. The lowest BCUT2D eigenvalue weighted by atomic mass is 10.0. The van der Waals surface area contributed by atoms with Gasteiger partial charge in [-0.25, -0.2) is 0 Å². The van der Waals surface area contributed by atoms with Crippen molar-refractivity contribution in [3.05, 3.63) is 109 Å². The molecule has 0 radical (unpaired) electrons. The van der Waals surface area contributed by atoms with Crippen LogP contribution in [0.2, 0.25) is 0 Å². The van der Waals surface area contributed by atoms with E-state index in [9.17, 15) is 0 Å². The molecule has 4 aromatic rings. The lowest BCUT2D eigenvalue weighted by molar-refractivity contribution is 0.483. The number of anilines is 2. The summed E-state index contributed by atoms with van der Waals surface area (Å²) < 4.78 is 5.82. The number of benzene rings is 4. The minimum absolute atomic E-state index is 0.802. The highest BCUT2D eigenvalue weighted by Crippen LogP contribution is 2.28. The molecule has 132 valence electrons. The van der Waals surface area contributed by atoms with Gasteiger partial charge in [0.15, 0.2) is 0 Å². The molecule has 2 N–H and O–H groups in total. The third kappa shape index (κ3) is 4.28. The number of hydrogen-bond donors (Lipinski definition) is 2. The third-order valence-electron chi connectivity index (χ3n) is 4.19. The molecule has 0 amide bonds. The Morgan fingerprint density at radius 2 is 1.07 bits per heavy atom. The Kier molecular flexibility index (Phi) is 5.02. The fourth-order valence-corrected chi connectivity index (χ4v) is 2.83. The Hall–Kier alpha value is -3.72. The van der Waals surface area contributed by atoms with Crippen LogP contribution in [0.1, 0.15) is 0 Å². The lowest BCUT2D eigenvalue weighted by Crippen LogP contribution is -2.09. The minimum atomic E-state index is 0.802. The molecule has 27 heavy (non-hydrogen) atoms. The van der Waals surface area contributed by atoms with Crippen molar-refractivity contribution in [1.82, 2.24) is 0 Å². The van der Waals surface area contributed by atoms with E-state index in [1.165, 1.54) is 5.56 Å². The van der Waals surface area contributed by atoms with Crippen LogP contribution >= 0.6 is 0 Å². The fourth-order valence-electron chi connectivity index (χ4n) is 2.83. The first kappa shape index (κ1) is 16.7. The summed E-state index contributed by atoms with van der Waals surface area (Å²) in [5.41, 5.74) is 10.9. The first-order valence-corrected chi connectivity index (χ1v) is 8.88. The largest absolute Gasteiger partial charge is 0.457 e. The van der Waals surface area contributed by atoms with Gasteiger partial charge < -0.3 is 15.6 Å². The molecule has 3 nitrogen and oxygen atoms in total. The maximum absolute atomic E-state index is 5.82. The van der Waals surface area contributed by atoms with E-state index >= 15 is 0 Å². The van der Waals surface area contributed by atoms with Crippen LogP contribution in [0, 0.1) is 0 Å². The highest BCUT2D eigenvalue weighted by atomic mass is 16.5. The first-order valence-electron chi connectivity index (χ1n) is 8.88. The number of ether oxygens (including phenoxy) is 1. The standard InChI is InChI=1S/C24H20N2O/c1-3-9-19(10-4-1)23-13-7-8-14-24(23)26-25-20-15-17-22(18-16-20)27-21-11-5-2-6-12-21/h1-18,25-26H. The first-order chi connectivity index (χ1) is 13.4. The minimum Gasteiger partial charge on any atom is -0.457 e. The van der Waals surface area contributed by atoms with Crippen molar-refractivity contribution in [2.45, 2.75) is 0 Å². The topological polar surface area (TPSA) is 33.3 Å². The van der Waals surface area contributed by atoms with E-state index in [0.717, 1.165) is 28.4 Å². The molecule has 0 atom stereocenters. The quantitative estimate of drug-likeness (QED) is 0.384. The second kappa shape index (κ2) is 8.11. The van der Waals surface area contributed by atoms with Crippen LogP contribution in [-0.4, -0.2) is 0 Å². The van der Waals surface area contributed by atoms with Gasteiger partial charge in [-0.05, 0) is 48.0 Å². The predicted molar refractivity (Wildman–Crippen MR) is 112 cm³/mol. The Balaban J connectivity index is 1.44. The molecule has 0 aliphatic heterocycles. The van der Waals surface area contributed by atoms with Gasteiger partial charge >= 0.3 is 0 Å². The molecule has 4 aromatic carbocycles. The number of hydrazine groups is 1. The molecule has 0 unspecified atom stereocenters. The van der Waals surface area contributed by atoms with Gasteiger partial charge in [0, 0.05) is 5.56 Å². The number of para-hydroxylation sites is 2. The molecule has 3 heteroatoms. The summed E-state index contributed by atoms with van der Waals surface area (Å²) in [5.74, 6) is 1.63. The lowest BCUT2D eigenvalue weighted by Gasteiger charge is -2.14. The van der Waals surface area contributed by atoms with Crippen LogP contribution < -0.4 is 15.6 Å². The predicted octanol–water partition coefficient (Wildman–Crippen LogP) is 6.58. The van der Waals surface area contributed by atoms with E-state index in [4.69, 9.17) is 4.74 Å². The number of rotatable bonds is 6. The third-order valence-corrected chi connectivity index (χ3v) is 4.19. The van der Waals surface area contributed by atoms with Crippen molar-refractivity contribution >= 4 is 11.4 Å². The van der Waals surface area contributed by atoms with E-state index in [0.29, 0.717) is 0 Å². The van der Waals surface area contributed by atoms with E-state index in [-0.39, 0.29) is 0 Å². The van der Waals surface area contributed by atoms with Crippen LogP contribution in [0.5, 0.6) is 11.5 Å². The molecular formula is C24H20N2O. The molecule has 0 aliphatic carbocycles. The van der Waals surface area contributed by atoms with Gasteiger partial charge in [-0.2, -0.15) is 0 Å². The summed E-state index contributed by atoms with van der Waals surface area (Å²) in [6.07, 6.45) is 0. The van der Waals surface area contributed by atoms with Crippen LogP contribution in [0.15, 0.2) is 109 Å². The maximum Gasteiger partial charge on any atom is 0.127 e. The van der Waals surface area contributed by atoms with Crippen LogP contribution in [0.25, 0.3) is 11.1 Å². The molecule has 0 fully saturated rings. The summed E-state index contributed by atoms with van der Waals surface area (Å²) in [6, 6.07) is 36.2. The highest BCUT2D eigenvalue weighted by molar-refractivity contribution is 5.78. The maximum atomic E-state index is 5.82. The molecule has 0 saturated heterocycles. The molecule has 0 aromatic heterocycles. The van der Waals surface area contributed by atoms with Gasteiger partial charge in [-0.3, -0.25) is 0 Å². The molecule has 4 rings (SSSR count). The van der Waals surface area contributed by atoms with Crippen molar-refractivity contribution in [3.8, 4) is 22.6 Å². The second-order valence-electron chi connectivity index (χ2n) is 6.10. The van der Waals surface area contributed by atoms with E-state index in [2.05, 4.69) is 35.1 Å². The molecule has 0 aliphatic rings. The molecule has 0 heterocycles. The molecule has 0 spiro atoms. The molecular weight excluding hydrogens is 332 g/mol. The van der Waals surface area contributed by atoms with Crippen LogP contribution in [-0.2, 0) is 0 Å². The summed E-state index contributed by atoms with van der Waals surface area (Å²) in [5, 5.41) is 0. The molecule has 0 saturated carbocycles. The van der Waals surface area contributed by atoms with Gasteiger partial charge in [0.1, 0.15) is 11.5 Å². The number of hydrogen-bond acceptors (Lipinski definition) is 3. The van der Waals surface area contributed by atoms with E-state index < -0.39 is 0 Å². The fraction of sp³-hybridized carbons (Fsp3) is 0. The van der Waals surface area contributed by atoms with Crippen LogP contribution in [0.3, 0.4) is 0 Å². The monoisotopic (exact) mass is 352 g/mol. The van der Waals surface area contributed by atoms with Gasteiger partial charge in [0.05, 0.1) is 11.4 Å². The summed E-state index contributed by atoms with van der Waals surface area (Å²) in [7, 11) is 0. The zero-order chi connectivity index (χ0) is 18.3. The Morgan fingerprint density at radius 1 is 0.481 bits per heavy atom. The SMILES string of the molecule is c1ccc(Oc2ccc(NNc3ccccc3-c3ccccc3)cc2)cc1. The van der Waals surface area contributed by atoms with E-state index in [1.54, 1.807) is 0 Å². The van der Waals surface area contributed by atoms with Crippen molar-refractivity contribution in [2.24, 2.45) is 0 Å².